The van der Waals surface area contributed by atoms with Gasteiger partial charge in [0.15, 0.2) is 0 Å². The van der Waals surface area contributed by atoms with Gasteiger partial charge in [-0.3, -0.25) is 0 Å². The Bertz CT molecular complexity index is 3320. The SMILES string of the molecule is [Zn+2].c1ccc2c3c(sc2c1)-c1cc2[n-]c(cc4nc(cc5[n-]c(cc-3n1)c1sc3ccccc3c51)-c1sc3ccccc3c1-4)c1sc3ccccc3c21. The fraction of sp³-hybridized carbons (Fsp3) is 0. The van der Waals surface area contributed by atoms with E-state index in [4.69, 9.17) is 19.9 Å². The van der Waals surface area contributed by atoms with Gasteiger partial charge < -0.3 is 9.97 Å². The van der Waals surface area contributed by atoms with E-state index in [2.05, 4.69) is 121 Å². The number of hydrogen-bond acceptors (Lipinski definition) is 6. The summed E-state index contributed by atoms with van der Waals surface area (Å²) in [6, 6.07) is 43.6. The van der Waals surface area contributed by atoms with E-state index in [9.17, 15) is 0 Å². The van der Waals surface area contributed by atoms with Crippen molar-refractivity contribution in [1.82, 2.24) is 19.9 Å². The Kier molecular flexibility index (Phi) is 6.33. The maximum absolute atomic E-state index is 5.41. The molecule has 0 N–H and O–H groups in total. The molecule has 0 fully saturated rings. The van der Waals surface area contributed by atoms with Gasteiger partial charge in [0.2, 0.25) is 0 Å². The third-order valence-electron chi connectivity index (χ3n) is 10.4. The van der Waals surface area contributed by atoms with Crippen LogP contribution < -0.4 is 9.97 Å². The van der Waals surface area contributed by atoms with E-state index in [1.54, 1.807) is 45.3 Å². The smallest absolute Gasteiger partial charge is 0.656 e. The first-order valence-corrected chi connectivity index (χ1v) is 20.3. The van der Waals surface area contributed by atoms with Gasteiger partial charge in [-0.2, -0.15) is 0 Å². The summed E-state index contributed by atoms with van der Waals surface area (Å²) in [6.45, 7) is 0. The van der Waals surface area contributed by atoms with Gasteiger partial charge in [-0.15, -0.1) is 67.4 Å². The summed E-state index contributed by atoms with van der Waals surface area (Å²) in [6.07, 6.45) is 0. The Labute approximate surface area is 329 Å². The third kappa shape index (κ3) is 4.17. The van der Waals surface area contributed by atoms with Crippen LogP contribution in [0.1, 0.15) is 0 Å². The maximum atomic E-state index is 5.41. The van der Waals surface area contributed by atoms with Crippen molar-refractivity contribution in [2.24, 2.45) is 0 Å². The van der Waals surface area contributed by atoms with Gasteiger partial charge >= 0.3 is 19.5 Å². The van der Waals surface area contributed by atoms with Crippen LogP contribution in [0.2, 0.25) is 0 Å². The van der Waals surface area contributed by atoms with E-state index in [1.165, 1.54) is 81.4 Å². The number of rotatable bonds is 0. The summed E-state index contributed by atoms with van der Waals surface area (Å²) in [5.74, 6) is 0. The van der Waals surface area contributed by atoms with Crippen molar-refractivity contribution in [3.05, 3.63) is 121 Å². The van der Waals surface area contributed by atoms with Crippen molar-refractivity contribution >= 4 is 128 Å². The average molecular weight is 798 g/mol. The van der Waals surface area contributed by atoms with Gasteiger partial charge in [0.1, 0.15) is 0 Å². The van der Waals surface area contributed by atoms with Crippen molar-refractivity contribution in [2.45, 2.75) is 0 Å². The van der Waals surface area contributed by atoms with Gasteiger partial charge in [0.05, 0.1) is 32.5 Å². The van der Waals surface area contributed by atoms with Crippen LogP contribution in [-0.2, 0) is 19.5 Å². The molecule has 4 nitrogen and oxygen atoms in total. The van der Waals surface area contributed by atoms with E-state index in [0.717, 1.165) is 44.8 Å². The molecular weight excluding hydrogens is 778 g/mol. The van der Waals surface area contributed by atoms with Crippen LogP contribution in [0.15, 0.2) is 121 Å². The number of aromatic nitrogens is 4. The van der Waals surface area contributed by atoms with Crippen LogP contribution in [0, 0.1) is 0 Å². The largest absolute Gasteiger partial charge is 2.00 e. The van der Waals surface area contributed by atoms with Crippen LogP contribution in [0.3, 0.4) is 0 Å². The topological polar surface area (TPSA) is 54.0 Å². The van der Waals surface area contributed by atoms with E-state index in [1.807, 2.05) is 0 Å². The Morgan fingerprint density at radius 2 is 0.736 bits per heavy atom. The van der Waals surface area contributed by atoms with Crippen LogP contribution in [0.5, 0.6) is 0 Å². The summed E-state index contributed by atoms with van der Waals surface area (Å²) >= 11 is 7.23. The zero-order chi connectivity index (χ0) is 33.7. The van der Waals surface area contributed by atoms with Crippen molar-refractivity contribution < 1.29 is 19.5 Å². The van der Waals surface area contributed by atoms with Crippen LogP contribution in [0.25, 0.3) is 126 Å². The fourth-order valence-electron chi connectivity index (χ4n) is 8.19. The Morgan fingerprint density at radius 3 is 1.17 bits per heavy atom. The molecule has 2 aliphatic heterocycles. The Balaban J connectivity index is 0.00000315. The molecule has 0 spiro atoms. The summed E-state index contributed by atoms with van der Waals surface area (Å²) < 4.78 is 7.37. The Morgan fingerprint density at radius 1 is 0.377 bits per heavy atom. The molecule has 9 heteroatoms. The minimum absolute atomic E-state index is 0. The molecule has 242 valence electrons. The zero-order valence-corrected chi connectivity index (χ0v) is 33.9. The second-order valence-electron chi connectivity index (χ2n) is 13.3. The second-order valence-corrected chi connectivity index (χ2v) is 17.5. The number of fused-ring (bicyclic) bond motifs is 28. The molecule has 0 aliphatic carbocycles. The molecule has 0 atom stereocenters. The van der Waals surface area contributed by atoms with Crippen molar-refractivity contribution in [2.75, 3.05) is 0 Å². The molecule has 0 amide bonds. The van der Waals surface area contributed by atoms with Crippen LogP contribution in [0.4, 0.5) is 0 Å². The summed E-state index contributed by atoms with van der Waals surface area (Å²) in [4.78, 5) is 24.0. The maximum Gasteiger partial charge on any atom is 2.00 e. The van der Waals surface area contributed by atoms with Gasteiger partial charge in [-0.25, -0.2) is 9.97 Å². The summed E-state index contributed by atoms with van der Waals surface area (Å²) in [5, 5.41) is 7.25. The monoisotopic (exact) mass is 796 g/mol. The molecule has 8 bridgehead atoms. The molecule has 53 heavy (non-hydrogen) atoms. The number of thiophene rings is 4. The minimum Gasteiger partial charge on any atom is -0.656 e. The molecule has 7 aromatic heterocycles. The fourth-order valence-corrected chi connectivity index (χ4v) is 12.9. The number of hydrogen-bond donors (Lipinski definition) is 0. The average Bonchev–Trinajstić information content (AvgIpc) is 4.02. The first-order valence-electron chi connectivity index (χ1n) is 17.0. The quantitative estimate of drug-likeness (QED) is 0.143. The van der Waals surface area contributed by atoms with Gasteiger partial charge in [-0.1, -0.05) is 72.8 Å². The molecule has 9 heterocycles. The predicted octanol–water partition coefficient (Wildman–Crippen LogP) is 13.4. The zero-order valence-electron chi connectivity index (χ0n) is 27.7. The molecular formula is C44H20N4S4Zn. The van der Waals surface area contributed by atoms with Crippen LogP contribution in [-0.4, -0.2) is 9.97 Å². The standard InChI is InChI=1S/C44H20N4S4.Zn/c1-5-13-33-21(9-1)37-25-17-30-42-39(23-11-3-6-14-34(23)50-42)27(46-30)19-32-44-40(24-12-4-8-16-36(24)52-44)28(48-32)20-31-43-38(22-10-2-7-15-35(22)51-43)26(47-31)18-29(45-25)41(37)49-33;/h1-20H;/q-2;+2. The van der Waals surface area contributed by atoms with E-state index >= 15 is 0 Å². The number of nitrogens with zero attached hydrogens (tertiary/aromatic N) is 4. The minimum atomic E-state index is 0. The van der Waals surface area contributed by atoms with Gasteiger partial charge in [0.25, 0.3) is 0 Å². The second kappa shape index (κ2) is 11.0. The summed E-state index contributed by atoms with van der Waals surface area (Å²) in [7, 11) is 0. The molecule has 13 rings (SSSR count). The van der Waals surface area contributed by atoms with Crippen LogP contribution >= 0.6 is 45.3 Å². The van der Waals surface area contributed by atoms with Crippen molar-refractivity contribution in [3.8, 4) is 43.7 Å². The Hall–Kier alpha value is -5.02. The molecule has 2 aliphatic rings. The first-order chi connectivity index (χ1) is 25.7. The number of benzene rings is 4. The van der Waals surface area contributed by atoms with Crippen molar-refractivity contribution in [3.63, 3.8) is 0 Å². The molecule has 0 saturated heterocycles. The molecule has 11 aromatic rings. The molecule has 0 radical (unpaired) electrons. The van der Waals surface area contributed by atoms with Gasteiger partial charge in [0, 0.05) is 50.1 Å². The molecule has 4 aromatic carbocycles. The third-order valence-corrected chi connectivity index (χ3v) is 15.2. The van der Waals surface area contributed by atoms with E-state index in [0.29, 0.717) is 0 Å². The first kappa shape index (κ1) is 30.4. The predicted molar refractivity (Wildman–Crippen MR) is 224 cm³/mol. The molecule has 0 saturated carbocycles. The summed E-state index contributed by atoms with van der Waals surface area (Å²) in [5.41, 5.74) is 9.92. The molecule has 0 unspecified atom stereocenters. The van der Waals surface area contributed by atoms with Crippen molar-refractivity contribution in [1.29, 1.82) is 0 Å². The van der Waals surface area contributed by atoms with E-state index in [-0.39, 0.29) is 19.5 Å². The van der Waals surface area contributed by atoms with Gasteiger partial charge in [-0.05, 0) is 70.1 Å². The van der Waals surface area contributed by atoms with E-state index < -0.39 is 0 Å². The normalized spacial score (nSPS) is 12.4.